The quantitative estimate of drug-likeness (QED) is 0.547. The van der Waals surface area contributed by atoms with Gasteiger partial charge in [-0.3, -0.25) is 13.9 Å². The molecule has 0 bridgehead atoms. The molecular formula is C24H26FN3O4S. The number of nitrogens with one attached hydrogen (secondary N) is 1. The van der Waals surface area contributed by atoms with Crippen LogP contribution in [0.3, 0.4) is 0 Å². The number of likely N-dealkylation sites (N-methyl/N-ethyl adjacent to an activating group) is 1. The van der Waals surface area contributed by atoms with E-state index in [2.05, 4.69) is 5.32 Å². The molecule has 33 heavy (non-hydrogen) atoms. The Labute approximate surface area is 192 Å². The van der Waals surface area contributed by atoms with E-state index in [-0.39, 0.29) is 6.54 Å². The number of carbonyl (C=O) groups is 2. The first-order chi connectivity index (χ1) is 15.6. The van der Waals surface area contributed by atoms with Gasteiger partial charge in [-0.15, -0.1) is 0 Å². The third-order valence-corrected chi connectivity index (χ3v) is 6.52. The van der Waals surface area contributed by atoms with Crippen molar-refractivity contribution in [2.75, 3.05) is 24.2 Å². The van der Waals surface area contributed by atoms with Gasteiger partial charge in [0.05, 0.1) is 11.9 Å². The van der Waals surface area contributed by atoms with Gasteiger partial charge < -0.3 is 10.2 Å². The molecule has 0 aliphatic rings. The molecule has 7 nitrogen and oxygen atoms in total. The zero-order valence-corrected chi connectivity index (χ0v) is 19.5. The molecule has 0 unspecified atom stereocenters. The standard InChI is InChI=1S/C24H26FN3O4S/c1-17(24(30)26-2)27(15-18-11-13-20(25)14-12-18)23(29)16-28(33(3,31)32)22-10-6-8-19-7-4-5-9-21(19)22/h4-14,17H,15-16H2,1-3H3,(H,26,30)/t17-/m0/s1. The first kappa shape index (κ1) is 24.2. The molecule has 174 valence electrons. The van der Waals surface area contributed by atoms with E-state index in [0.29, 0.717) is 16.6 Å². The van der Waals surface area contributed by atoms with Crippen molar-refractivity contribution in [3.8, 4) is 0 Å². The molecule has 0 aliphatic heterocycles. The smallest absolute Gasteiger partial charge is 0.244 e. The fourth-order valence-corrected chi connectivity index (χ4v) is 4.46. The van der Waals surface area contributed by atoms with Gasteiger partial charge in [-0.1, -0.05) is 48.5 Å². The van der Waals surface area contributed by atoms with E-state index in [1.807, 2.05) is 18.2 Å². The number of carbonyl (C=O) groups excluding carboxylic acids is 2. The summed E-state index contributed by atoms with van der Waals surface area (Å²) in [7, 11) is -2.38. The third kappa shape index (κ3) is 5.67. The molecule has 3 rings (SSSR count). The zero-order chi connectivity index (χ0) is 24.2. The van der Waals surface area contributed by atoms with Gasteiger partial charge in [0.15, 0.2) is 0 Å². The Morgan fingerprint density at radius 1 is 1.00 bits per heavy atom. The summed E-state index contributed by atoms with van der Waals surface area (Å²) >= 11 is 0. The number of hydrogen-bond donors (Lipinski definition) is 1. The number of benzene rings is 3. The minimum atomic E-state index is -3.83. The van der Waals surface area contributed by atoms with Crippen molar-refractivity contribution in [2.45, 2.75) is 19.5 Å². The van der Waals surface area contributed by atoms with E-state index in [9.17, 15) is 22.4 Å². The molecule has 0 aromatic heterocycles. The molecule has 0 fully saturated rings. The Morgan fingerprint density at radius 3 is 2.27 bits per heavy atom. The predicted octanol–water partition coefficient (Wildman–Crippen LogP) is 2.91. The van der Waals surface area contributed by atoms with E-state index in [0.717, 1.165) is 15.9 Å². The van der Waals surface area contributed by atoms with E-state index >= 15 is 0 Å². The lowest BCUT2D eigenvalue weighted by Gasteiger charge is -2.31. The summed E-state index contributed by atoms with van der Waals surface area (Å²) < 4.78 is 39.8. The Hall–Kier alpha value is -3.46. The van der Waals surface area contributed by atoms with Crippen LogP contribution in [0.15, 0.2) is 66.7 Å². The normalized spacial score (nSPS) is 12.2. The van der Waals surface area contributed by atoms with Gasteiger partial charge in [0.25, 0.3) is 0 Å². The summed E-state index contributed by atoms with van der Waals surface area (Å²) in [5.41, 5.74) is 0.981. The van der Waals surface area contributed by atoms with Crippen LogP contribution in [0, 0.1) is 5.82 Å². The number of fused-ring (bicyclic) bond motifs is 1. The van der Waals surface area contributed by atoms with Crippen molar-refractivity contribution in [3.05, 3.63) is 78.1 Å². The third-order valence-electron chi connectivity index (χ3n) is 5.39. The maximum Gasteiger partial charge on any atom is 0.244 e. The minimum absolute atomic E-state index is 0.0147. The molecule has 0 aliphatic carbocycles. The Balaban J connectivity index is 1.99. The molecule has 1 atom stereocenters. The van der Waals surface area contributed by atoms with Crippen molar-refractivity contribution in [1.82, 2.24) is 10.2 Å². The molecular weight excluding hydrogens is 445 g/mol. The second kappa shape index (κ2) is 9.99. The molecule has 2 amide bonds. The van der Waals surface area contributed by atoms with Crippen LogP contribution in [0.4, 0.5) is 10.1 Å². The number of anilines is 1. The zero-order valence-electron chi connectivity index (χ0n) is 18.7. The number of rotatable bonds is 8. The number of nitrogens with zero attached hydrogens (tertiary/aromatic N) is 2. The van der Waals surface area contributed by atoms with Crippen LogP contribution in [0.5, 0.6) is 0 Å². The summed E-state index contributed by atoms with van der Waals surface area (Å²) in [6, 6.07) is 17.2. The van der Waals surface area contributed by atoms with Crippen molar-refractivity contribution in [1.29, 1.82) is 0 Å². The topological polar surface area (TPSA) is 86.8 Å². The van der Waals surface area contributed by atoms with Gasteiger partial charge in [-0.2, -0.15) is 0 Å². The van der Waals surface area contributed by atoms with E-state index in [1.165, 1.54) is 36.2 Å². The largest absolute Gasteiger partial charge is 0.357 e. The number of hydrogen-bond acceptors (Lipinski definition) is 4. The first-order valence-corrected chi connectivity index (χ1v) is 12.2. The molecule has 1 N–H and O–H groups in total. The highest BCUT2D eigenvalue weighted by molar-refractivity contribution is 7.92. The van der Waals surface area contributed by atoms with Gasteiger partial charge in [0.2, 0.25) is 21.8 Å². The predicted molar refractivity (Wildman–Crippen MR) is 127 cm³/mol. The maximum absolute atomic E-state index is 13.4. The van der Waals surface area contributed by atoms with Gasteiger partial charge in [-0.05, 0) is 36.1 Å². The van der Waals surface area contributed by atoms with E-state index in [1.54, 1.807) is 31.2 Å². The summed E-state index contributed by atoms with van der Waals surface area (Å²) in [4.78, 5) is 27.0. The first-order valence-electron chi connectivity index (χ1n) is 10.3. The van der Waals surface area contributed by atoms with Crippen molar-refractivity contribution in [3.63, 3.8) is 0 Å². The van der Waals surface area contributed by atoms with Crippen LogP contribution in [0.1, 0.15) is 12.5 Å². The van der Waals surface area contributed by atoms with Gasteiger partial charge in [0, 0.05) is 19.0 Å². The lowest BCUT2D eigenvalue weighted by molar-refractivity contribution is -0.139. The summed E-state index contributed by atoms with van der Waals surface area (Å²) in [5.74, 6) is -1.38. The molecule has 0 radical (unpaired) electrons. The second-order valence-corrected chi connectivity index (χ2v) is 9.61. The van der Waals surface area contributed by atoms with E-state index in [4.69, 9.17) is 0 Å². The average Bonchev–Trinajstić information content (AvgIpc) is 2.80. The van der Waals surface area contributed by atoms with Crippen LogP contribution < -0.4 is 9.62 Å². The average molecular weight is 472 g/mol. The Kier molecular flexibility index (Phi) is 7.33. The molecule has 9 heteroatoms. The van der Waals surface area contributed by atoms with Gasteiger partial charge in [0.1, 0.15) is 18.4 Å². The molecule has 0 heterocycles. The molecule has 3 aromatic rings. The van der Waals surface area contributed by atoms with Crippen LogP contribution in [-0.4, -0.2) is 51.0 Å². The highest BCUT2D eigenvalue weighted by Crippen LogP contribution is 2.28. The van der Waals surface area contributed by atoms with Crippen LogP contribution >= 0.6 is 0 Å². The fraction of sp³-hybridized carbons (Fsp3) is 0.250. The molecule has 0 saturated carbocycles. The Bertz CT molecular complexity index is 1260. The van der Waals surface area contributed by atoms with Gasteiger partial charge in [-0.25, -0.2) is 12.8 Å². The summed E-state index contributed by atoms with van der Waals surface area (Å²) in [6.07, 6.45) is 1.04. The van der Waals surface area contributed by atoms with Crippen LogP contribution in [-0.2, 0) is 26.2 Å². The highest BCUT2D eigenvalue weighted by atomic mass is 32.2. The van der Waals surface area contributed by atoms with Gasteiger partial charge >= 0.3 is 0 Å². The molecule has 3 aromatic carbocycles. The van der Waals surface area contributed by atoms with Crippen LogP contribution in [0.25, 0.3) is 10.8 Å². The summed E-state index contributed by atoms with van der Waals surface area (Å²) in [5, 5.41) is 4.02. The lowest BCUT2D eigenvalue weighted by atomic mass is 10.1. The number of halogens is 1. The van der Waals surface area contributed by atoms with E-state index < -0.39 is 40.2 Å². The monoisotopic (exact) mass is 471 g/mol. The highest BCUT2D eigenvalue weighted by Gasteiger charge is 2.30. The number of amides is 2. The lowest BCUT2D eigenvalue weighted by Crippen LogP contribution is -2.50. The number of sulfonamides is 1. The summed E-state index contributed by atoms with van der Waals surface area (Å²) in [6.45, 7) is 1.08. The fourth-order valence-electron chi connectivity index (χ4n) is 3.60. The maximum atomic E-state index is 13.4. The second-order valence-electron chi connectivity index (χ2n) is 7.71. The molecule has 0 saturated heterocycles. The SMILES string of the molecule is CNC(=O)[C@H](C)N(Cc1ccc(F)cc1)C(=O)CN(c1cccc2ccccc12)S(C)(=O)=O. The Morgan fingerprint density at radius 2 is 1.64 bits per heavy atom. The minimum Gasteiger partial charge on any atom is -0.357 e. The van der Waals surface area contributed by atoms with Crippen molar-refractivity contribution < 1.29 is 22.4 Å². The van der Waals surface area contributed by atoms with Crippen molar-refractivity contribution in [2.24, 2.45) is 0 Å². The van der Waals surface area contributed by atoms with Crippen molar-refractivity contribution >= 4 is 38.3 Å². The molecule has 0 spiro atoms. The van der Waals surface area contributed by atoms with Crippen LogP contribution in [0.2, 0.25) is 0 Å².